The molecule has 60 valence electrons. The van der Waals surface area contributed by atoms with Gasteiger partial charge in [-0.3, -0.25) is 0 Å². The van der Waals surface area contributed by atoms with Crippen molar-refractivity contribution in [2.24, 2.45) is 0 Å². The number of anilines is 1. The predicted octanol–water partition coefficient (Wildman–Crippen LogP) is 0.915. The smallest absolute Gasteiger partial charge is 0.165 e. The third-order valence-corrected chi connectivity index (χ3v) is 1.59. The Morgan fingerprint density at radius 2 is 2.08 bits per heavy atom. The molecule has 2 rings (SSSR count). The molecule has 4 nitrogen and oxygen atoms in total. The lowest BCUT2D eigenvalue weighted by Crippen LogP contribution is -1.94. The first-order valence-corrected chi connectivity index (χ1v) is 3.61. The van der Waals surface area contributed by atoms with Crippen molar-refractivity contribution in [1.29, 1.82) is 0 Å². The molecule has 0 aromatic carbocycles. The Kier molecular flexibility index (Phi) is 1.40. The summed E-state index contributed by atoms with van der Waals surface area (Å²) >= 11 is 0. The average molecular weight is 160 g/mol. The molecule has 0 radical (unpaired) electrons. The van der Waals surface area contributed by atoms with E-state index in [0.29, 0.717) is 17.3 Å². The maximum absolute atomic E-state index is 5.50. The number of nitrogens with zero attached hydrogens (tertiary/aromatic N) is 3. The normalized spacial score (nSPS) is 10.4. The molecule has 0 aliphatic rings. The summed E-state index contributed by atoms with van der Waals surface area (Å²) in [5.74, 6) is 1.20. The van der Waals surface area contributed by atoms with Gasteiger partial charge in [0.25, 0.3) is 0 Å². The van der Waals surface area contributed by atoms with Crippen LogP contribution in [0.3, 0.4) is 0 Å². The highest BCUT2D eigenvalue weighted by molar-refractivity contribution is 5.74. The summed E-state index contributed by atoms with van der Waals surface area (Å²) < 4.78 is 0. The van der Waals surface area contributed by atoms with Crippen molar-refractivity contribution in [1.82, 2.24) is 15.0 Å². The van der Waals surface area contributed by atoms with Crippen molar-refractivity contribution in [2.75, 3.05) is 5.73 Å². The van der Waals surface area contributed by atoms with E-state index in [4.69, 9.17) is 5.73 Å². The van der Waals surface area contributed by atoms with Crippen molar-refractivity contribution < 1.29 is 0 Å². The fourth-order valence-electron chi connectivity index (χ4n) is 1.01. The summed E-state index contributed by atoms with van der Waals surface area (Å²) in [7, 11) is 0. The fraction of sp³-hybridized carbons (Fsp3) is 0.125. The highest BCUT2D eigenvalue weighted by atomic mass is 15.0. The van der Waals surface area contributed by atoms with Crippen LogP contribution in [0.15, 0.2) is 18.3 Å². The molecule has 0 atom stereocenters. The largest absolute Gasteiger partial charge is 0.384 e. The van der Waals surface area contributed by atoms with Crippen molar-refractivity contribution in [3.8, 4) is 0 Å². The van der Waals surface area contributed by atoms with E-state index in [2.05, 4.69) is 15.0 Å². The molecule has 0 bridgehead atoms. The molecule has 0 fully saturated rings. The number of fused-ring (bicyclic) bond motifs is 1. The minimum absolute atomic E-state index is 0.487. The van der Waals surface area contributed by atoms with E-state index in [1.807, 2.05) is 13.0 Å². The van der Waals surface area contributed by atoms with Crippen LogP contribution >= 0.6 is 0 Å². The number of hydrogen-bond donors (Lipinski definition) is 1. The third-order valence-electron chi connectivity index (χ3n) is 1.59. The van der Waals surface area contributed by atoms with E-state index in [0.717, 1.165) is 5.39 Å². The van der Waals surface area contributed by atoms with Gasteiger partial charge in [-0.1, -0.05) is 0 Å². The first-order valence-electron chi connectivity index (χ1n) is 3.61. The van der Waals surface area contributed by atoms with E-state index in [9.17, 15) is 0 Å². The van der Waals surface area contributed by atoms with Gasteiger partial charge in [-0.2, -0.15) is 0 Å². The Labute approximate surface area is 69.5 Å². The van der Waals surface area contributed by atoms with Gasteiger partial charge in [-0.05, 0) is 19.1 Å². The zero-order valence-corrected chi connectivity index (χ0v) is 6.65. The molecular weight excluding hydrogens is 152 g/mol. The minimum atomic E-state index is 0.487. The van der Waals surface area contributed by atoms with E-state index in [1.165, 1.54) is 0 Å². The monoisotopic (exact) mass is 160 g/mol. The highest BCUT2D eigenvalue weighted by Crippen LogP contribution is 2.09. The average Bonchev–Trinajstić information content (AvgIpc) is 2.03. The standard InChI is InChI=1S/C8H8N4/c1-5-10-4-6-2-3-7(9)12-8(6)11-5/h2-4H,1H3,(H2,9,10,11,12). The predicted molar refractivity (Wildman–Crippen MR) is 46.5 cm³/mol. The van der Waals surface area contributed by atoms with Crippen LogP contribution in [-0.4, -0.2) is 15.0 Å². The third kappa shape index (κ3) is 1.07. The van der Waals surface area contributed by atoms with Gasteiger partial charge in [0.05, 0.1) is 0 Å². The lowest BCUT2D eigenvalue weighted by molar-refractivity contribution is 1.07. The summed E-state index contributed by atoms with van der Waals surface area (Å²) in [5.41, 5.74) is 6.16. The number of aryl methyl sites for hydroxylation is 1. The Bertz CT molecular complexity index is 388. The van der Waals surface area contributed by atoms with Gasteiger partial charge in [0.15, 0.2) is 5.65 Å². The Morgan fingerprint density at radius 1 is 1.25 bits per heavy atom. The number of nitrogen functional groups attached to an aromatic ring is 1. The second kappa shape index (κ2) is 2.41. The molecule has 0 saturated carbocycles. The Hall–Kier alpha value is -1.71. The number of pyridine rings is 1. The van der Waals surface area contributed by atoms with Gasteiger partial charge in [-0.25, -0.2) is 15.0 Å². The molecule has 0 unspecified atom stereocenters. The van der Waals surface area contributed by atoms with Crippen LogP contribution in [0, 0.1) is 6.92 Å². The second-order valence-electron chi connectivity index (χ2n) is 2.57. The van der Waals surface area contributed by atoms with Gasteiger partial charge in [-0.15, -0.1) is 0 Å². The highest BCUT2D eigenvalue weighted by Gasteiger charge is 1.97. The second-order valence-corrected chi connectivity index (χ2v) is 2.57. The van der Waals surface area contributed by atoms with Crippen LogP contribution in [0.5, 0.6) is 0 Å². The van der Waals surface area contributed by atoms with Crippen LogP contribution in [0.4, 0.5) is 5.82 Å². The van der Waals surface area contributed by atoms with Crippen LogP contribution in [0.2, 0.25) is 0 Å². The number of aromatic nitrogens is 3. The van der Waals surface area contributed by atoms with Gasteiger partial charge in [0.1, 0.15) is 11.6 Å². The van der Waals surface area contributed by atoms with Gasteiger partial charge >= 0.3 is 0 Å². The lowest BCUT2D eigenvalue weighted by Gasteiger charge is -1.97. The summed E-state index contributed by atoms with van der Waals surface area (Å²) in [6.45, 7) is 1.82. The van der Waals surface area contributed by atoms with Crippen molar-refractivity contribution in [3.63, 3.8) is 0 Å². The Balaban J connectivity index is 2.80. The van der Waals surface area contributed by atoms with Crippen molar-refractivity contribution in [2.45, 2.75) is 6.92 Å². The van der Waals surface area contributed by atoms with Crippen molar-refractivity contribution >= 4 is 16.9 Å². The Morgan fingerprint density at radius 3 is 2.92 bits per heavy atom. The number of hydrogen-bond acceptors (Lipinski definition) is 4. The van der Waals surface area contributed by atoms with Gasteiger partial charge < -0.3 is 5.73 Å². The van der Waals surface area contributed by atoms with E-state index >= 15 is 0 Å². The van der Waals surface area contributed by atoms with Gasteiger partial charge in [0.2, 0.25) is 0 Å². The van der Waals surface area contributed by atoms with E-state index < -0.39 is 0 Å². The first-order chi connectivity index (χ1) is 5.75. The maximum atomic E-state index is 5.50. The SMILES string of the molecule is Cc1ncc2ccc(N)nc2n1. The molecule has 0 aliphatic carbocycles. The summed E-state index contributed by atoms with van der Waals surface area (Å²) in [6.07, 6.45) is 1.74. The van der Waals surface area contributed by atoms with E-state index in [-0.39, 0.29) is 0 Å². The van der Waals surface area contributed by atoms with Crippen LogP contribution < -0.4 is 5.73 Å². The molecule has 0 saturated heterocycles. The van der Waals surface area contributed by atoms with E-state index in [1.54, 1.807) is 12.3 Å². The topological polar surface area (TPSA) is 64.7 Å². The molecule has 2 aromatic rings. The lowest BCUT2D eigenvalue weighted by atomic mass is 10.3. The molecule has 12 heavy (non-hydrogen) atoms. The molecule has 2 aromatic heterocycles. The molecule has 2 heterocycles. The minimum Gasteiger partial charge on any atom is -0.384 e. The van der Waals surface area contributed by atoms with Crippen LogP contribution in [0.25, 0.3) is 11.0 Å². The van der Waals surface area contributed by atoms with Gasteiger partial charge in [0, 0.05) is 11.6 Å². The molecule has 0 spiro atoms. The first kappa shape index (κ1) is 6.97. The summed E-state index contributed by atoms with van der Waals surface area (Å²) in [6, 6.07) is 3.60. The fourth-order valence-corrected chi connectivity index (χ4v) is 1.01. The molecule has 0 aliphatic heterocycles. The molecular formula is C8H8N4. The maximum Gasteiger partial charge on any atom is 0.165 e. The molecule has 4 heteroatoms. The zero-order chi connectivity index (χ0) is 8.55. The summed E-state index contributed by atoms with van der Waals surface area (Å²) in [5, 5.41) is 0.912. The molecule has 2 N–H and O–H groups in total. The summed E-state index contributed by atoms with van der Waals surface area (Å²) in [4.78, 5) is 12.2. The molecule has 0 amide bonds. The van der Waals surface area contributed by atoms with Crippen LogP contribution in [0.1, 0.15) is 5.82 Å². The quantitative estimate of drug-likeness (QED) is 0.622. The van der Waals surface area contributed by atoms with Crippen molar-refractivity contribution in [3.05, 3.63) is 24.2 Å². The van der Waals surface area contributed by atoms with Crippen LogP contribution in [-0.2, 0) is 0 Å². The number of rotatable bonds is 0. The zero-order valence-electron chi connectivity index (χ0n) is 6.65. The number of nitrogens with two attached hydrogens (primary N) is 1.